The number of likely N-dealkylation sites (tertiary alicyclic amines) is 1. The number of rotatable bonds is 5. The standard InChI is InChI=1S/C17H28N8.HI/c1-5-18-17(19-10-16-22-21-13(2)24(16)4)25-7-6-14(12-25)8-15-9-20-23(3)11-15;/h9,11,14H,5-8,10,12H2,1-4H3,(H,18,19);1H. The summed E-state index contributed by atoms with van der Waals surface area (Å²) in [6.45, 7) is 7.52. The Morgan fingerprint density at radius 2 is 2.15 bits per heavy atom. The Morgan fingerprint density at radius 1 is 1.35 bits per heavy atom. The second-order valence-corrected chi connectivity index (χ2v) is 6.72. The van der Waals surface area contributed by atoms with E-state index < -0.39 is 0 Å². The first-order chi connectivity index (χ1) is 12.1. The van der Waals surface area contributed by atoms with Gasteiger partial charge in [-0.15, -0.1) is 34.2 Å². The Balaban J connectivity index is 0.00000243. The molecule has 0 spiro atoms. The molecule has 0 saturated carbocycles. The number of nitrogens with zero attached hydrogens (tertiary/aromatic N) is 7. The SMILES string of the molecule is CCNC(=NCc1nnc(C)n1C)N1CCC(Cc2cnn(C)c2)C1.I. The lowest BCUT2D eigenvalue weighted by molar-refractivity contribution is 0.459. The first-order valence-electron chi connectivity index (χ1n) is 8.92. The van der Waals surface area contributed by atoms with Crippen LogP contribution in [0.25, 0.3) is 0 Å². The highest BCUT2D eigenvalue weighted by atomic mass is 127. The normalized spacial score (nSPS) is 17.5. The molecule has 8 nitrogen and oxygen atoms in total. The van der Waals surface area contributed by atoms with Crippen LogP contribution in [0, 0.1) is 12.8 Å². The quantitative estimate of drug-likeness (QED) is 0.406. The van der Waals surface area contributed by atoms with Crippen molar-refractivity contribution < 1.29 is 0 Å². The van der Waals surface area contributed by atoms with Crippen LogP contribution in [0.1, 0.15) is 30.6 Å². The molecule has 2 aromatic heterocycles. The number of guanidine groups is 1. The molecule has 1 fully saturated rings. The number of aliphatic imine (C=N–C) groups is 1. The van der Waals surface area contributed by atoms with Crippen LogP contribution in [0.15, 0.2) is 17.4 Å². The summed E-state index contributed by atoms with van der Waals surface area (Å²) in [7, 11) is 3.95. The molecule has 0 aromatic carbocycles. The summed E-state index contributed by atoms with van der Waals surface area (Å²) in [5.41, 5.74) is 1.31. The van der Waals surface area contributed by atoms with Gasteiger partial charge in [-0.1, -0.05) is 0 Å². The average Bonchev–Trinajstić information content (AvgIpc) is 3.29. The van der Waals surface area contributed by atoms with E-state index >= 15 is 0 Å². The van der Waals surface area contributed by atoms with Gasteiger partial charge in [0, 0.05) is 39.9 Å². The number of halogens is 1. The van der Waals surface area contributed by atoms with Gasteiger partial charge in [0.05, 0.1) is 6.20 Å². The summed E-state index contributed by atoms with van der Waals surface area (Å²) >= 11 is 0. The third-order valence-electron chi connectivity index (χ3n) is 4.76. The van der Waals surface area contributed by atoms with Crippen molar-refractivity contribution in [1.29, 1.82) is 0 Å². The molecular weight excluding hydrogens is 443 g/mol. The Labute approximate surface area is 172 Å². The minimum absolute atomic E-state index is 0. The van der Waals surface area contributed by atoms with E-state index in [9.17, 15) is 0 Å². The fraction of sp³-hybridized carbons (Fsp3) is 0.647. The second-order valence-electron chi connectivity index (χ2n) is 6.72. The van der Waals surface area contributed by atoms with Crippen molar-refractivity contribution >= 4 is 29.9 Å². The molecule has 0 amide bonds. The Hall–Kier alpha value is -1.65. The maximum Gasteiger partial charge on any atom is 0.194 e. The van der Waals surface area contributed by atoms with E-state index in [0.717, 1.165) is 43.7 Å². The highest BCUT2D eigenvalue weighted by molar-refractivity contribution is 14.0. The van der Waals surface area contributed by atoms with Crippen molar-refractivity contribution in [1.82, 2.24) is 34.8 Å². The molecule has 3 heterocycles. The average molecular weight is 472 g/mol. The fourth-order valence-corrected chi connectivity index (χ4v) is 3.26. The van der Waals surface area contributed by atoms with E-state index in [2.05, 4.69) is 38.6 Å². The first kappa shape index (κ1) is 20.7. The van der Waals surface area contributed by atoms with E-state index in [1.165, 1.54) is 12.0 Å². The number of aryl methyl sites for hydroxylation is 2. The lowest BCUT2D eigenvalue weighted by atomic mass is 10.0. The van der Waals surface area contributed by atoms with Crippen LogP contribution in [-0.2, 0) is 27.1 Å². The van der Waals surface area contributed by atoms with Gasteiger partial charge >= 0.3 is 0 Å². The number of nitrogens with one attached hydrogen (secondary N) is 1. The molecule has 144 valence electrons. The predicted molar refractivity (Wildman–Crippen MR) is 113 cm³/mol. The third-order valence-corrected chi connectivity index (χ3v) is 4.76. The van der Waals surface area contributed by atoms with Crippen LogP contribution in [0.5, 0.6) is 0 Å². The van der Waals surface area contributed by atoms with Crippen LogP contribution in [0.4, 0.5) is 0 Å². The molecule has 9 heteroatoms. The highest BCUT2D eigenvalue weighted by Gasteiger charge is 2.25. The Morgan fingerprint density at radius 3 is 2.77 bits per heavy atom. The molecule has 26 heavy (non-hydrogen) atoms. The molecule has 1 aliphatic heterocycles. The van der Waals surface area contributed by atoms with Crippen molar-refractivity contribution in [3.8, 4) is 0 Å². The highest BCUT2D eigenvalue weighted by Crippen LogP contribution is 2.20. The van der Waals surface area contributed by atoms with Crippen LogP contribution in [-0.4, -0.2) is 55.0 Å². The molecule has 2 aromatic rings. The topological polar surface area (TPSA) is 76.2 Å². The van der Waals surface area contributed by atoms with E-state index in [1.807, 2.05) is 36.5 Å². The van der Waals surface area contributed by atoms with Gasteiger partial charge in [-0.25, -0.2) is 4.99 Å². The largest absolute Gasteiger partial charge is 0.357 e. The van der Waals surface area contributed by atoms with E-state index in [1.54, 1.807) is 0 Å². The number of aromatic nitrogens is 5. The first-order valence-corrected chi connectivity index (χ1v) is 8.92. The Kier molecular flexibility index (Phi) is 7.42. The van der Waals surface area contributed by atoms with Crippen molar-refractivity contribution in [3.63, 3.8) is 0 Å². The number of hydrogen-bond acceptors (Lipinski definition) is 4. The molecule has 1 N–H and O–H groups in total. The molecule has 0 aliphatic carbocycles. The fourth-order valence-electron chi connectivity index (χ4n) is 3.26. The van der Waals surface area contributed by atoms with Crippen molar-refractivity contribution in [2.75, 3.05) is 19.6 Å². The minimum Gasteiger partial charge on any atom is -0.357 e. The van der Waals surface area contributed by atoms with Gasteiger partial charge in [0.15, 0.2) is 11.8 Å². The van der Waals surface area contributed by atoms with Gasteiger partial charge in [0.2, 0.25) is 0 Å². The van der Waals surface area contributed by atoms with Crippen molar-refractivity contribution in [2.24, 2.45) is 25.0 Å². The van der Waals surface area contributed by atoms with Crippen molar-refractivity contribution in [2.45, 2.75) is 33.2 Å². The van der Waals surface area contributed by atoms with Gasteiger partial charge in [-0.3, -0.25) is 4.68 Å². The van der Waals surface area contributed by atoms with E-state index in [-0.39, 0.29) is 24.0 Å². The zero-order valence-electron chi connectivity index (χ0n) is 16.0. The van der Waals surface area contributed by atoms with Crippen LogP contribution < -0.4 is 5.32 Å². The molecule has 0 radical (unpaired) electrons. The third kappa shape index (κ3) is 4.95. The summed E-state index contributed by atoms with van der Waals surface area (Å²) in [5, 5.41) is 16.0. The molecule has 1 saturated heterocycles. The van der Waals surface area contributed by atoms with Crippen molar-refractivity contribution in [3.05, 3.63) is 29.6 Å². The monoisotopic (exact) mass is 472 g/mol. The molecule has 1 aliphatic rings. The predicted octanol–water partition coefficient (Wildman–Crippen LogP) is 1.51. The number of hydrogen-bond donors (Lipinski definition) is 1. The summed E-state index contributed by atoms with van der Waals surface area (Å²) in [4.78, 5) is 7.13. The summed E-state index contributed by atoms with van der Waals surface area (Å²) < 4.78 is 3.86. The van der Waals surface area contributed by atoms with Gasteiger partial charge in [-0.2, -0.15) is 5.10 Å². The molecule has 3 rings (SSSR count). The molecule has 0 bridgehead atoms. The summed E-state index contributed by atoms with van der Waals surface area (Å²) in [6, 6.07) is 0. The molecule has 1 unspecified atom stereocenters. The second kappa shape index (κ2) is 9.33. The van der Waals surface area contributed by atoms with Gasteiger partial charge in [0.1, 0.15) is 12.4 Å². The zero-order valence-corrected chi connectivity index (χ0v) is 18.3. The Bertz CT molecular complexity index is 735. The van der Waals surface area contributed by atoms with Crippen LogP contribution >= 0.6 is 24.0 Å². The van der Waals surface area contributed by atoms with Crippen LogP contribution in [0.3, 0.4) is 0 Å². The smallest absolute Gasteiger partial charge is 0.194 e. The maximum absolute atomic E-state index is 4.78. The van der Waals surface area contributed by atoms with Gasteiger partial charge in [-0.05, 0) is 38.2 Å². The van der Waals surface area contributed by atoms with E-state index in [0.29, 0.717) is 12.5 Å². The van der Waals surface area contributed by atoms with Gasteiger partial charge < -0.3 is 14.8 Å². The maximum atomic E-state index is 4.78. The van der Waals surface area contributed by atoms with Gasteiger partial charge in [0.25, 0.3) is 0 Å². The molecular formula is C17H29IN8. The lowest BCUT2D eigenvalue weighted by Crippen LogP contribution is -2.40. The van der Waals surface area contributed by atoms with Crippen LogP contribution in [0.2, 0.25) is 0 Å². The minimum atomic E-state index is 0. The van der Waals surface area contributed by atoms with E-state index in [4.69, 9.17) is 4.99 Å². The zero-order chi connectivity index (χ0) is 17.8. The molecule has 1 atom stereocenters. The lowest BCUT2D eigenvalue weighted by Gasteiger charge is -2.21. The summed E-state index contributed by atoms with van der Waals surface area (Å²) in [6.07, 6.45) is 6.34. The summed E-state index contributed by atoms with van der Waals surface area (Å²) in [5.74, 6) is 3.41.